The lowest BCUT2D eigenvalue weighted by Gasteiger charge is -2.41. The van der Waals surface area contributed by atoms with E-state index in [1.807, 2.05) is 119 Å². The number of nitrogens with zero attached hydrogens (tertiary/aromatic N) is 4. The minimum Gasteiger partial charge on any atom is -0.275 e. The molecule has 1 N–H and O–H groups in total. The Kier molecular flexibility index (Phi) is 6.12. The number of hydrazone groups is 1. The second kappa shape index (κ2) is 10.0. The standard InChI is InChI=1S/C31H23N5S/c1-2-29-35(26-21-19-24(20-22-26)18-17-23-11-5-3-6-12-23)33-30(25-13-7-4-8-14-25)34-36(29)31-32-27-15-9-10-16-28(27)37-31/h2-16,19-22,29H,1H2,(H,33,34). The Hall–Kier alpha value is -4.86. The van der Waals surface area contributed by atoms with Gasteiger partial charge in [0.2, 0.25) is 5.13 Å². The van der Waals surface area contributed by atoms with Gasteiger partial charge >= 0.3 is 0 Å². The molecule has 37 heavy (non-hydrogen) atoms. The van der Waals surface area contributed by atoms with Crippen LogP contribution in [0.5, 0.6) is 0 Å². The summed E-state index contributed by atoms with van der Waals surface area (Å²) in [5, 5.41) is 9.82. The van der Waals surface area contributed by atoms with E-state index in [2.05, 4.69) is 29.9 Å². The molecular formula is C31H23N5S. The molecule has 1 aliphatic heterocycles. The average molecular weight is 498 g/mol. The van der Waals surface area contributed by atoms with Crippen LogP contribution in [0.15, 0.2) is 127 Å². The third-order valence-electron chi connectivity index (χ3n) is 5.95. The maximum Gasteiger partial charge on any atom is 0.207 e. The van der Waals surface area contributed by atoms with Crippen LogP contribution in [-0.2, 0) is 0 Å². The predicted octanol–water partition coefficient (Wildman–Crippen LogP) is 6.40. The molecule has 0 radical (unpaired) electrons. The molecule has 0 aliphatic carbocycles. The second-order valence-electron chi connectivity index (χ2n) is 8.42. The highest BCUT2D eigenvalue weighted by Gasteiger charge is 2.32. The highest BCUT2D eigenvalue weighted by atomic mass is 32.1. The van der Waals surface area contributed by atoms with Crippen LogP contribution >= 0.6 is 11.3 Å². The van der Waals surface area contributed by atoms with Crippen molar-refractivity contribution in [3.63, 3.8) is 0 Å². The number of hydrogen-bond acceptors (Lipinski definition) is 6. The molecule has 1 aromatic heterocycles. The molecule has 1 atom stereocenters. The molecule has 0 saturated carbocycles. The van der Waals surface area contributed by atoms with E-state index in [-0.39, 0.29) is 6.17 Å². The number of aromatic nitrogens is 1. The number of fused-ring (bicyclic) bond motifs is 1. The molecule has 178 valence electrons. The zero-order chi connectivity index (χ0) is 25.0. The summed E-state index contributed by atoms with van der Waals surface area (Å²) in [6, 6.07) is 36.4. The molecule has 0 fully saturated rings. The molecule has 0 spiro atoms. The van der Waals surface area contributed by atoms with Crippen LogP contribution < -0.4 is 15.4 Å². The Labute approximate surface area is 220 Å². The molecule has 0 saturated heterocycles. The van der Waals surface area contributed by atoms with Crippen LogP contribution in [0.2, 0.25) is 0 Å². The number of benzene rings is 4. The van der Waals surface area contributed by atoms with Gasteiger partial charge in [0.15, 0.2) is 12.0 Å². The summed E-state index contributed by atoms with van der Waals surface area (Å²) in [5.41, 5.74) is 8.29. The first-order valence-electron chi connectivity index (χ1n) is 11.9. The van der Waals surface area contributed by atoms with E-state index >= 15 is 0 Å². The summed E-state index contributed by atoms with van der Waals surface area (Å²) in [7, 11) is 0. The smallest absolute Gasteiger partial charge is 0.207 e. The molecule has 1 unspecified atom stereocenters. The van der Waals surface area contributed by atoms with Gasteiger partial charge in [-0.05, 0) is 54.6 Å². The zero-order valence-electron chi connectivity index (χ0n) is 20.0. The van der Waals surface area contributed by atoms with Crippen molar-refractivity contribution in [3.05, 3.63) is 139 Å². The molecule has 2 heterocycles. The van der Waals surface area contributed by atoms with Crippen molar-refractivity contribution >= 4 is 38.2 Å². The summed E-state index contributed by atoms with van der Waals surface area (Å²) < 4.78 is 1.12. The van der Waals surface area contributed by atoms with Crippen LogP contribution in [0.25, 0.3) is 10.2 Å². The number of para-hydroxylation sites is 1. The minimum atomic E-state index is -0.297. The molecule has 6 rings (SSSR count). The molecule has 5 nitrogen and oxygen atoms in total. The second-order valence-corrected chi connectivity index (χ2v) is 9.43. The summed E-state index contributed by atoms with van der Waals surface area (Å²) in [6.07, 6.45) is 1.57. The maximum absolute atomic E-state index is 4.99. The Morgan fingerprint density at radius 3 is 2.14 bits per heavy atom. The van der Waals surface area contributed by atoms with Gasteiger partial charge in [0.1, 0.15) is 0 Å². The van der Waals surface area contributed by atoms with E-state index in [0.29, 0.717) is 0 Å². The fourth-order valence-corrected chi connectivity index (χ4v) is 5.06. The van der Waals surface area contributed by atoms with E-state index < -0.39 is 0 Å². The van der Waals surface area contributed by atoms with Crippen molar-refractivity contribution in [1.29, 1.82) is 0 Å². The van der Waals surface area contributed by atoms with Gasteiger partial charge in [0.25, 0.3) is 0 Å². The van der Waals surface area contributed by atoms with E-state index in [1.54, 1.807) is 11.3 Å². The molecule has 0 amide bonds. The van der Waals surface area contributed by atoms with Crippen LogP contribution in [0.3, 0.4) is 0 Å². The van der Waals surface area contributed by atoms with E-state index in [4.69, 9.17) is 10.1 Å². The fraction of sp³-hybridized carbons (Fsp3) is 0.0323. The SMILES string of the molecule is C=CC1N(c2ccc(C#Cc3ccccc3)cc2)N=C(c2ccccc2)NN1c1nc2ccccc2s1. The minimum absolute atomic E-state index is 0.297. The molecule has 4 aromatic carbocycles. The van der Waals surface area contributed by atoms with Gasteiger partial charge in [-0.25, -0.2) is 15.0 Å². The largest absolute Gasteiger partial charge is 0.275 e. The average Bonchev–Trinajstić information content (AvgIpc) is 3.41. The van der Waals surface area contributed by atoms with Gasteiger partial charge in [-0.1, -0.05) is 90.4 Å². The number of thiazole rings is 1. The zero-order valence-corrected chi connectivity index (χ0v) is 20.8. The van der Waals surface area contributed by atoms with E-state index in [9.17, 15) is 0 Å². The molecule has 0 bridgehead atoms. The monoisotopic (exact) mass is 497 g/mol. The van der Waals surface area contributed by atoms with Gasteiger partial charge in [-0.2, -0.15) is 5.10 Å². The summed E-state index contributed by atoms with van der Waals surface area (Å²) in [6.45, 7) is 4.13. The summed E-state index contributed by atoms with van der Waals surface area (Å²) in [4.78, 5) is 4.89. The number of anilines is 2. The lowest BCUT2D eigenvalue weighted by Crippen LogP contribution is -2.59. The molecular weight excluding hydrogens is 474 g/mol. The van der Waals surface area contributed by atoms with Gasteiger partial charge in [-0.15, -0.1) is 0 Å². The first-order valence-corrected chi connectivity index (χ1v) is 12.7. The summed E-state index contributed by atoms with van der Waals surface area (Å²) >= 11 is 1.63. The first-order chi connectivity index (χ1) is 18.3. The number of amidine groups is 1. The van der Waals surface area contributed by atoms with Crippen LogP contribution in [0.4, 0.5) is 10.8 Å². The van der Waals surface area contributed by atoms with E-state index in [0.717, 1.165) is 43.6 Å². The maximum atomic E-state index is 4.99. The van der Waals surface area contributed by atoms with Crippen molar-refractivity contribution in [2.24, 2.45) is 5.10 Å². The molecule has 5 aromatic rings. The van der Waals surface area contributed by atoms with Crippen molar-refractivity contribution < 1.29 is 0 Å². The quantitative estimate of drug-likeness (QED) is 0.230. The Morgan fingerprint density at radius 2 is 1.43 bits per heavy atom. The lowest BCUT2D eigenvalue weighted by molar-refractivity contribution is 0.591. The fourth-order valence-electron chi connectivity index (χ4n) is 4.10. The predicted molar refractivity (Wildman–Crippen MR) is 154 cm³/mol. The Bertz CT molecular complexity index is 1600. The Morgan fingerprint density at radius 1 is 0.784 bits per heavy atom. The lowest BCUT2D eigenvalue weighted by atomic mass is 10.1. The number of rotatable bonds is 4. The highest BCUT2D eigenvalue weighted by molar-refractivity contribution is 7.22. The third kappa shape index (κ3) is 4.68. The van der Waals surface area contributed by atoms with Crippen LogP contribution in [0, 0.1) is 11.8 Å². The van der Waals surface area contributed by atoms with Crippen LogP contribution in [0.1, 0.15) is 16.7 Å². The number of hydrogen-bond donors (Lipinski definition) is 1. The van der Waals surface area contributed by atoms with Gasteiger partial charge in [0.05, 0.1) is 15.9 Å². The number of hydrazine groups is 1. The van der Waals surface area contributed by atoms with Gasteiger partial charge < -0.3 is 0 Å². The van der Waals surface area contributed by atoms with Crippen molar-refractivity contribution in [2.45, 2.75) is 6.17 Å². The first kappa shape index (κ1) is 22.6. The van der Waals surface area contributed by atoms with Gasteiger partial charge in [0, 0.05) is 16.7 Å². The molecule has 6 heteroatoms. The van der Waals surface area contributed by atoms with Crippen molar-refractivity contribution in [2.75, 3.05) is 10.0 Å². The summed E-state index contributed by atoms with van der Waals surface area (Å²) in [5.74, 6) is 7.19. The number of nitrogens with one attached hydrogen (secondary N) is 1. The van der Waals surface area contributed by atoms with Crippen molar-refractivity contribution in [1.82, 2.24) is 10.4 Å². The topological polar surface area (TPSA) is 43.8 Å². The van der Waals surface area contributed by atoms with E-state index in [1.165, 1.54) is 0 Å². The van der Waals surface area contributed by atoms with Crippen LogP contribution in [-0.4, -0.2) is 17.0 Å². The Balaban J connectivity index is 1.38. The normalized spacial score (nSPS) is 14.9. The highest BCUT2D eigenvalue weighted by Crippen LogP contribution is 2.33. The van der Waals surface area contributed by atoms with Crippen molar-refractivity contribution in [3.8, 4) is 11.8 Å². The third-order valence-corrected chi connectivity index (χ3v) is 6.99. The van der Waals surface area contributed by atoms with Gasteiger partial charge in [-0.3, -0.25) is 5.43 Å². The molecule has 1 aliphatic rings.